The molecule has 1 saturated heterocycles. The molecule has 2 fully saturated rings. The Morgan fingerprint density at radius 2 is 1.68 bits per heavy atom. The molecular formula is C17H34N2. The molecule has 0 bridgehead atoms. The third-order valence-corrected chi connectivity index (χ3v) is 5.20. The van der Waals surface area contributed by atoms with Gasteiger partial charge in [-0.1, -0.05) is 33.6 Å². The predicted molar refractivity (Wildman–Crippen MR) is 83.5 cm³/mol. The van der Waals surface area contributed by atoms with Crippen LogP contribution in [0.25, 0.3) is 0 Å². The highest BCUT2D eigenvalue weighted by Gasteiger charge is 2.46. The predicted octanol–water partition coefficient (Wildman–Crippen LogP) is 3.81. The lowest BCUT2D eigenvalue weighted by atomic mass is 9.81. The van der Waals surface area contributed by atoms with Crippen molar-refractivity contribution in [1.29, 1.82) is 0 Å². The number of nitrogens with zero attached hydrogens (tertiary/aromatic N) is 1. The molecule has 0 aromatic carbocycles. The first-order valence-corrected chi connectivity index (χ1v) is 8.67. The van der Waals surface area contributed by atoms with E-state index in [2.05, 4.69) is 31.0 Å². The van der Waals surface area contributed by atoms with Gasteiger partial charge < -0.3 is 5.32 Å². The normalized spacial score (nSPS) is 25.3. The molecule has 1 unspecified atom stereocenters. The highest BCUT2D eigenvalue weighted by molar-refractivity contribution is 5.04. The third-order valence-electron chi connectivity index (χ3n) is 5.20. The van der Waals surface area contributed by atoms with Gasteiger partial charge in [-0.2, -0.15) is 0 Å². The van der Waals surface area contributed by atoms with E-state index in [1.807, 2.05) is 0 Å². The average Bonchev–Trinajstić information content (AvgIpc) is 3.03. The second-order valence-corrected chi connectivity index (χ2v) is 7.14. The van der Waals surface area contributed by atoms with Crippen LogP contribution >= 0.6 is 0 Å². The van der Waals surface area contributed by atoms with Gasteiger partial charge in [-0.3, -0.25) is 4.90 Å². The van der Waals surface area contributed by atoms with Crippen LogP contribution in [0.1, 0.15) is 72.1 Å². The topological polar surface area (TPSA) is 15.3 Å². The lowest BCUT2D eigenvalue weighted by molar-refractivity contribution is 0.0676. The molecule has 2 rings (SSSR count). The summed E-state index contributed by atoms with van der Waals surface area (Å²) < 4.78 is 0. The Balaban J connectivity index is 2.12. The fourth-order valence-corrected chi connectivity index (χ4v) is 4.32. The SMILES string of the molecule is CCCNC(CC(C)C)C1(N2CCCC2)CCCC1. The summed E-state index contributed by atoms with van der Waals surface area (Å²) in [4.78, 5) is 2.86. The molecule has 1 saturated carbocycles. The van der Waals surface area contributed by atoms with E-state index in [0.717, 1.165) is 5.92 Å². The van der Waals surface area contributed by atoms with E-state index in [-0.39, 0.29) is 0 Å². The van der Waals surface area contributed by atoms with Gasteiger partial charge >= 0.3 is 0 Å². The Morgan fingerprint density at radius 3 is 2.21 bits per heavy atom. The molecule has 1 atom stereocenters. The summed E-state index contributed by atoms with van der Waals surface area (Å²) in [5, 5.41) is 3.92. The molecule has 2 heteroatoms. The lowest BCUT2D eigenvalue weighted by Gasteiger charge is -2.46. The zero-order chi connectivity index (χ0) is 13.7. The van der Waals surface area contributed by atoms with Gasteiger partial charge in [0.2, 0.25) is 0 Å². The Bertz CT molecular complexity index is 250. The van der Waals surface area contributed by atoms with Crippen molar-refractivity contribution in [2.75, 3.05) is 19.6 Å². The van der Waals surface area contributed by atoms with Crippen molar-refractivity contribution in [3.05, 3.63) is 0 Å². The average molecular weight is 266 g/mol. The first-order valence-electron chi connectivity index (χ1n) is 8.67. The van der Waals surface area contributed by atoms with E-state index >= 15 is 0 Å². The number of likely N-dealkylation sites (tertiary alicyclic amines) is 1. The molecule has 2 nitrogen and oxygen atoms in total. The first kappa shape index (κ1) is 15.3. The molecular weight excluding hydrogens is 232 g/mol. The highest BCUT2D eigenvalue weighted by Crippen LogP contribution is 2.41. The van der Waals surface area contributed by atoms with Gasteiger partial charge in [-0.05, 0) is 64.1 Å². The van der Waals surface area contributed by atoms with Crippen molar-refractivity contribution in [3.63, 3.8) is 0 Å². The maximum Gasteiger partial charge on any atom is 0.0362 e. The van der Waals surface area contributed by atoms with Crippen LogP contribution in [0.3, 0.4) is 0 Å². The van der Waals surface area contributed by atoms with Crippen LogP contribution in [-0.2, 0) is 0 Å². The Morgan fingerprint density at radius 1 is 1.05 bits per heavy atom. The minimum atomic E-state index is 0.496. The Hall–Kier alpha value is -0.0800. The fourth-order valence-electron chi connectivity index (χ4n) is 4.32. The molecule has 2 aliphatic rings. The smallest absolute Gasteiger partial charge is 0.0362 e. The number of nitrogens with one attached hydrogen (secondary N) is 1. The maximum absolute atomic E-state index is 3.92. The van der Waals surface area contributed by atoms with Crippen LogP contribution in [0.15, 0.2) is 0 Å². The summed E-state index contributed by atoms with van der Waals surface area (Å²) in [6, 6.07) is 0.716. The van der Waals surface area contributed by atoms with E-state index in [9.17, 15) is 0 Å². The fraction of sp³-hybridized carbons (Fsp3) is 1.00. The van der Waals surface area contributed by atoms with Crippen molar-refractivity contribution in [2.45, 2.75) is 83.7 Å². The number of rotatable bonds is 7. The van der Waals surface area contributed by atoms with Gasteiger partial charge in [0.05, 0.1) is 0 Å². The van der Waals surface area contributed by atoms with Crippen LogP contribution in [0.5, 0.6) is 0 Å². The largest absolute Gasteiger partial charge is 0.312 e. The summed E-state index contributed by atoms with van der Waals surface area (Å²) in [5.74, 6) is 0.800. The van der Waals surface area contributed by atoms with Crippen LogP contribution in [0.2, 0.25) is 0 Å². The molecule has 0 aromatic rings. The van der Waals surface area contributed by atoms with Crippen molar-refractivity contribution in [3.8, 4) is 0 Å². The van der Waals surface area contributed by atoms with Gasteiger partial charge in [-0.15, -0.1) is 0 Å². The van der Waals surface area contributed by atoms with Gasteiger partial charge in [0.25, 0.3) is 0 Å². The van der Waals surface area contributed by atoms with E-state index in [0.29, 0.717) is 11.6 Å². The molecule has 1 heterocycles. The zero-order valence-electron chi connectivity index (χ0n) is 13.4. The van der Waals surface area contributed by atoms with Gasteiger partial charge in [0.1, 0.15) is 0 Å². The minimum absolute atomic E-state index is 0.496. The lowest BCUT2D eigenvalue weighted by Crippen LogP contribution is -2.59. The molecule has 112 valence electrons. The van der Waals surface area contributed by atoms with Crippen molar-refractivity contribution in [1.82, 2.24) is 10.2 Å². The third kappa shape index (κ3) is 3.52. The van der Waals surface area contributed by atoms with Crippen LogP contribution in [0.4, 0.5) is 0 Å². The molecule has 0 aromatic heterocycles. The standard InChI is InChI=1S/C17H34N2/c1-4-11-18-16(14-15(2)3)17(9-5-6-10-17)19-12-7-8-13-19/h15-16,18H,4-14H2,1-3H3. The Kier molecular flexibility index (Phi) is 5.70. The summed E-state index contributed by atoms with van der Waals surface area (Å²) in [6.07, 6.45) is 11.2. The summed E-state index contributed by atoms with van der Waals surface area (Å²) in [7, 11) is 0. The van der Waals surface area contributed by atoms with Crippen molar-refractivity contribution < 1.29 is 0 Å². The van der Waals surface area contributed by atoms with E-state index in [4.69, 9.17) is 0 Å². The minimum Gasteiger partial charge on any atom is -0.312 e. The molecule has 1 N–H and O–H groups in total. The van der Waals surface area contributed by atoms with Crippen LogP contribution < -0.4 is 5.32 Å². The second kappa shape index (κ2) is 7.08. The number of hydrogen-bond donors (Lipinski definition) is 1. The molecule has 1 aliphatic heterocycles. The zero-order valence-corrected chi connectivity index (χ0v) is 13.4. The van der Waals surface area contributed by atoms with Gasteiger partial charge in [0, 0.05) is 11.6 Å². The van der Waals surface area contributed by atoms with Gasteiger partial charge in [-0.25, -0.2) is 0 Å². The quantitative estimate of drug-likeness (QED) is 0.754. The second-order valence-electron chi connectivity index (χ2n) is 7.14. The van der Waals surface area contributed by atoms with Crippen LogP contribution in [0, 0.1) is 5.92 Å². The Labute approximate surface area is 120 Å². The van der Waals surface area contributed by atoms with E-state index < -0.39 is 0 Å². The first-order chi connectivity index (χ1) is 9.19. The summed E-state index contributed by atoms with van der Waals surface area (Å²) in [6.45, 7) is 10.9. The van der Waals surface area contributed by atoms with Crippen molar-refractivity contribution >= 4 is 0 Å². The van der Waals surface area contributed by atoms with E-state index in [1.165, 1.54) is 71.0 Å². The molecule has 0 spiro atoms. The molecule has 1 aliphatic carbocycles. The van der Waals surface area contributed by atoms with Crippen LogP contribution in [-0.4, -0.2) is 36.1 Å². The monoisotopic (exact) mass is 266 g/mol. The van der Waals surface area contributed by atoms with E-state index in [1.54, 1.807) is 0 Å². The molecule has 19 heavy (non-hydrogen) atoms. The summed E-state index contributed by atoms with van der Waals surface area (Å²) in [5.41, 5.74) is 0.496. The number of hydrogen-bond acceptors (Lipinski definition) is 2. The molecule has 0 amide bonds. The maximum atomic E-state index is 3.92. The summed E-state index contributed by atoms with van der Waals surface area (Å²) >= 11 is 0. The van der Waals surface area contributed by atoms with Gasteiger partial charge in [0.15, 0.2) is 0 Å². The highest BCUT2D eigenvalue weighted by atomic mass is 15.2. The molecule has 0 radical (unpaired) electrons. The van der Waals surface area contributed by atoms with Crippen molar-refractivity contribution in [2.24, 2.45) is 5.92 Å².